The number of carbonyl (C=O) groups excluding carboxylic acids is 3. The summed E-state index contributed by atoms with van der Waals surface area (Å²) in [4.78, 5) is 46.1. The van der Waals surface area contributed by atoms with Crippen molar-refractivity contribution in [2.24, 2.45) is 0 Å². The number of amides is 4. The third kappa shape index (κ3) is 4.20. The standard InChI is InChI=1S/C22H23N5O4/c1-13(20-24-16-5-3-4-6-17(16)25-20)23-19(28)12-11-18-21(29)27(22(30)26-18)14-7-9-15(31-2)10-8-14/h3-10,13,18H,11-12H2,1-2H3,(H,23,28)(H,24,25)(H,26,30)/t13-,18+/m0/s1. The number of hydrogen-bond acceptors (Lipinski definition) is 5. The molecule has 1 saturated heterocycles. The minimum atomic E-state index is -0.748. The molecule has 1 aliphatic heterocycles. The van der Waals surface area contributed by atoms with E-state index in [2.05, 4.69) is 20.6 Å². The molecule has 3 N–H and O–H groups in total. The van der Waals surface area contributed by atoms with Gasteiger partial charge in [0, 0.05) is 6.42 Å². The van der Waals surface area contributed by atoms with Crippen LogP contribution in [0.5, 0.6) is 5.75 Å². The monoisotopic (exact) mass is 421 g/mol. The van der Waals surface area contributed by atoms with Crippen LogP contribution in [0.2, 0.25) is 0 Å². The van der Waals surface area contributed by atoms with Gasteiger partial charge in [0.25, 0.3) is 5.91 Å². The Kier molecular flexibility index (Phi) is 5.57. The zero-order valence-electron chi connectivity index (χ0n) is 17.2. The van der Waals surface area contributed by atoms with Crippen LogP contribution in [-0.4, -0.2) is 41.0 Å². The number of nitrogens with one attached hydrogen (secondary N) is 3. The lowest BCUT2D eigenvalue weighted by molar-refractivity contribution is -0.122. The quantitative estimate of drug-likeness (QED) is 0.507. The lowest BCUT2D eigenvalue weighted by Crippen LogP contribution is -2.33. The molecule has 0 spiro atoms. The number of anilines is 1. The first-order valence-corrected chi connectivity index (χ1v) is 9.99. The molecule has 2 atom stereocenters. The fraction of sp³-hybridized carbons (Fsp3) is 0.273. The molecular weight excluding hydrogens is 398 g/mol. The fourth-order valence-corrected chi connectivity index (χ4v) is 3.54. The Morgan fingerprint density at radius 1 is 1.19 bits per heavy atom. The van der Waals surface area contributed by atoms with Crippen molar-refractivity contribution in [2.75, 3.05) is 12.0 Å². The minimum Gasteiger partial charge on any atom is -0.497 e. The number of rotatable bonds is 7. The Bertz CT molecular complexity index is 1090. The number of aromatic nitrogens is 2. The molecule has 160 valence electrons. The van der Waals surface area contributed by atoms with Gasteiger partial charge in [0.15, 0.2) is 0 Å². The van der Waals surface area contributed by atoms with Crippen molar-refractivity contribution in [3.8, 4) is 5.75 Å². The normalized spacial score (nSPS) is 17.0. The van der Waals surface area contributed by atoms with Gasteiger partial charge in [0.1, 0.15) is 17.6 Å². The molecule has 1 fully saturated rings. The summed E-state index contributed by atoms with van der Waals surface area (Å²) in [6.07, 6.45) is 0.299. The van der Waals surface area contributed by atoms with E-state index in [1.165, 1.54) is 0 Å². The molecule has 4 amide bonds. The first kappa shape index (κ1) is 20.4. The third-order valence-corrected chi connectivity index (χ3v) is 5.21. The van der Waals surface area contributed by atoms with Crippen LogP contribution in [0.15, 0.2) is 48.5 Å². The Balaban J connectivity index is 1.33. The molecule has 0 radical (unpaired) electrons. The van der Waals surface area contributed by atoms with E-state index in [0.717, 1.165) is 15.9 Å². The predicted octanol–water partition coefficient (Wildman–Crippen LogP) is 2.65. The van der Waals surface area contributed by atoms with Gasteiger partial charge in [-0.05, 0) is 49.7 Å². The van der Waals surface area contributed by atoms with Crippen LogP contribution in [0, 0.1) is 0 Å². The number of ether oxygens (including phenoxy) is 1. The molecule has 2 aromatic carbocycles. The van der Waals surface area contributed by atoms with Crippen LogP contribution < -0.4 is 20.3 Å². The molecule has 4 rings (SSSR count). The summed E-state index contributed by atoms with van der Waals surface area (Å²) in [7, 11) is 1.54. The number of urea groups is 1. The van der Waals surface area contributed by atoms with Crippen LogP contribution in [0.3, 0.4) is 0 Å². The molecule has 0 aliphatic carbocycles. The smallest absolute Gasteiger partial charge is 0.329 e. The zero-order valence-corrected chi connectivity index (χ0v) is 17.2. The van der Waals surface area contributed by atoms with E-state index < -0.39 is 12.1 Å². The van der Waals surface area contributed by atoms with E-state index in [1.807, 2.05) is 31.2 Å². The highest BCUT2D eigenvalue weighted by Gasteiger charge is 2.39. The highest BCUT2D eigenvalue weighted by atomic mass is 16.5. The van der Waals surface area contributed by atoms with Crippen LogP contribution in [-0.2, 0) is 9.59 Å². The summed E-state index contributed by atoms with van der Waals surface area (Å²) >= 11 is 0. The molecule has 9 nitrogen and oxygen atoms in total. The van der Waals surface area contributed by atoms with Gasteiger partial charge < -0.3 is 20.4 Å². The van der Waals surface area contributed by atoms with Gasteiger partial charge in [-0.25, -0.2) is 14.7 Å². The third-order valence-electron chi connectivity index (χ3n) is 5.21. The molecule has 9 heteroatoms. The second-order valence-corrected chi connectivity index (χ2v) is 7.34. The van der Waals surface area contributed by atoms with E-state index in [9.17, 15) is 14.4 Å². The Hall–Kier alpha value is -3.88. The van der Waals surface area contributed by atoms with E-state index in [0.29, 0.717) is 17.3 Å². The number of benzene rings is 2. The Morgan fingerprint density at radius 2 is 1.94 bits per heavy atom. The second-order valence-electron chi connectivity index (χ2n) is 7.34. The number of nitrogens with zero attached hydrogens (tertiary/aromatic N) is 2. The van der Waals surface area contributed by atoms with E-state index in [1.54, 1.807) is 31.4 Å². The minimum absolute atomic E-state index is 0.0949. The largest absolute Gasteiger partial charge is 0.497 e. The molecule has 1 aliphatic rings. The molecule has 2 heterocycles. The summed E-state index contributed by atoms with van der Waals surface area (Å²) in [5, 5.41) is 5.53. The number of imidazole rings is 1. The average Bonchev–Trinajstić information content (AvgIpc) is 3.33. The first-order valence-electron chi connectivity index (χ1n) is 9.99. The van der Waals surface area contributed by atoms with Crippen molar-refractivity contribution in [3.05, 3.63) is 54.4 Å². The fourth-order valence-electron chi connectivity index (χ4n) is 3.54. The van der Waals surface area contributed by atoms with Gasteiger partial charge in [-0.2, -0.15) is 0 Å². The van der Waals surface area contributed by atoms with Crippen LogP contribution in [0.25, 0.3) is 11.0 Å². The Labute approximate surface area is 178 Å². The summed E-state index contributed by atoms with van der Waals surface area (Å²) in [5.74, 6) is 0.680. The van der Waals surface area contributed by atoms with Gasteiger partial charge >= 0.3 is 6.03 Å². The molecule has 0 unspecified atom stereocenters. The van der Waals surface area contributed by atoms with E-state index in [-0.39, 0.29) is 30.7 Å². The van der Waals surface area contributed by atoms with Gasteiger partial charge in [-0.15, -0.1) is 0 Å². The van der Waals surface area contributed by atoms with Crippen LogP contribution >= 0.6 is 0 Å². The number of para-hydroxylation sites is 2. The number of hydrogen-bond donors (Lipinski definition) is 3. The van der Waals surface area contributed by atoms with Gasteiger partial charge in [-0.3, -0.25) is 9.59 Å². The topological polar surface area (TPSA) is 116 Å². The van der Waals surface area contributed by atoms with E-state index in [4.69, 9.17) is 4.74 Å². The van der Waals surface area contributed by atoms with Gasteiger partial charge in [-0.1, -0.05) is 12.1 Å². The van der Waals surface area contributed by atoms with Crippen LogP contribution in [0.4, 0.5) is 10.5 Å². The van der Waals surface area contributed by atoms with Crippen molar-refractivity contribution >= 4 is 34.6 Å². The van der Waals surface area contributed by atoms with Crippen molar-refractivity contribution in [1.82, 2.24) is 20.6 Å². The van der Waals surface area contributed by atoms with Crippen molar-refractivity contribution < 1.29 is 19.1 Å². The molecule has 0 saturated carbocycles. The maximum Gasteiger partial charge on any atom is 0.329 e. The second kappa shape index (κ2) is 8.47. The number of H-pyrrole nitrogens is 1. The number of carbonyl (C=O) groups is 3. The lowest BCUT2D eigenvalue weighted by atomic mass is 10.1. The molecule has 3 aromatic rings. The maximum absolute atomic E-state index is 12.7. The van der Waals surface area contributed by atoms with Gasteiger partial charge in [0.2, 0.25) is 5.91 Å². The highest BCUT2D eigenvalue weighted by molar-refractivity contribution is 6.21. The Morgan fingerprint density at radius 3 is 2.65 bits per heavy atom. The lowest BCUT2D eigenvalue weighted by Gasteiger charge is -2.14. The molecular formula is C22H23N5O4. The summed E-state index contributed by atoms with van der Waals surface area (Å²) in [6.45, 7) is 1.84. The summed E-state index contributed by atoms with van der Waals surface area (Å²) < 4.78 is 5.10. The zero-order chi connectivity index (χ0) is 22.0. The maximum atomic E-state index is 12.7. The van der Waals surface area contributed by atoms with Gasteiger partial charge in [0.05, 0.1) is 29.9 Å². The van der Waals surface area contributed by atoms with Crippen molar-refractivity contribution in [1.29, 1.82) is 0 Å². The van der Waals surface area contributed by atoms with Crippen LogP contribution in [0.1, 0.15) is 31.6 Å². The highest BCUT2D eigenvalue weighted by Crippen LogP contribution is 2.24. The first-order chi connectivity index (χ1) is 15.0. The van der Waals surface area contributed by atoms with Crippen molar-refractivity contribution in [3.63, 3.8) is 0 Å². The average molecular weight is 421 g/mol. The van der Waals surface area contributed by atoms with E-state index >= 15 is 0 Å². The number of fused-ring (bicyclic) bond motifs is 1. The molecule has 1 aromatic heterocycles. The molecule has 0 bridgehead atoms. The summed E-state index contributed by atoms with van der Waals surface area (Å²) in [5.41, 5.74) is 2.18. The number of methoxy groups -OCH3 is 1. The van der Waals surface area contributed by atoms with Crippen molar-refractivity contribution in [2.45, 2.75) is 31.8 Å². The summed E-state index contributed by atoms with van der Waals surface area (Å²) in [6, 6.07) is 12.7. The number of imide groups is 1. The molecule has 31 heavy (non-hydrogen) atoms. The number of aromatic amines is 1. The SMILES string of the molecule is COc1ccc(N2C(=O)N[C@H](CCC(=O)N[C@@H](C)c3nc4ccccc4[nH]3)C2=O)cc1. The predicted molar refractivity (Wildman–Crippen MR) is 115 cm³/mol.